The summed E-state index contributed by atoms with van der Waals surface area (Å²) < 4.78 is 5.61. The molecule has 0 unspecified atom stereocenters. The Bertz CT molecular complexity index is 459. The normalized spacial score (nSPS) is 9.89. The standard InChI is InChI=1S/C15H19N3O/c1-2-18(9-4-8-16)10-5-11-19-15-7-3-6-14(12-15)13-17/h3,6-7,12H,2,4-5,9-11H2,1H3. The van der Waals surface area contributed by atoms with E-state index in [0.717, 1.165) is 31.8 Å². The minimum atomic E-state index is 0.568. The van der Waals surface area contributed by atoms with E-state index in [9.17, 15) is 0 Å². The molecule has 0 N–H and O–H groups in total. The Morgan fingerprint density at radius 3 is 2.79 bits per heavy atom. The molecule has 4 nitrogen and oxygen atoms in total. The molecular formula is C15H19N3O. The zero-order valence-electron chi connectivity index (χ0n) is 11.3. The number of nitriles is 2. The van der Waals surface area contributed by atoms with E-state index in [0.29, 0.717) is 18.6 Å². The summed E-state index contributed by atoms with van der Waals surface area (Å²) in [6.07, 6.45) is 1.48. The Kier molecular flexibility index (Phi) is 7.09. The summed E-state index contributed by atoms with van der Waals surface area (Å²) in [6, 6.07) is 11.4. The molecule has 0 saturated carbocycles. The average molecular weight is 257 g/mol. The predicted octanol–water partition coefficient (Wildman–Crippen LogP) is 2.56. The zero-order valence-corrected chi connectivity index (χ0v) is 11.3. The van der Waals surface area contributed by atoms with Crippen molar-refractivity contribution in [3.05, 3.63) is 29.8 Å². The van der Waals surface area contributed by atoms with Gasteiger partial charge in [-0.05, 0) is 31.2 Å². The Balaban J connectivity index is 2.26. The van der Waals surface area contributed by atoms with Crippen molar-refractivity contribution >= 4 is 0 Å². The van der Waals surface area contributed by atoms with Crippen molar-refractivity contribution in [3.63, 3.8) is 0 Å². The van der Waals surface area contributed by atoms with Gasteiger partial charge in [-0.2, -0.15) is 10.5 Å². The van der Waals surface area contributed by atoms with Crippen molar-refractivity contribution < 1.29 is 4.74 Å². The van der Waals surface area contributed by atoms with E-state index in [4.69, 9.17) is 15.3 Å². The molecule has 1 aromatic carbocycles. The van der Waals surface area contributed by atoms with Crippen LogP contribution in [0, 0.1) is 22.7 Å². The van der Waals surface area contributed by atoms with Gasteiger partial charge in [0.1, 0.15) is 5.75 Å². The van der Waals surface area contributed by atoms with Gasteiger partial charge in [0, 0.05) is 19.5 Å². The van der Waals surface area contributed by atoms with E-state index in [-0.39, 0.29) is 0 Å². The fraction of sp³-hybridized carbons (Fsp3) is 0.467. The molecule has 0 amide bonds. The van der Waals surface area contributed by atoms with Crippen LogP contribution in [0.3, 0.4) is 0 Å². The second kappa shape index (κ2) is 8.97. The summed E-state index contributed by atoms with van der Waals surface area (Å²) in [5.41, 5.74) is 0.613. The Hall–Kier alpha value is -2.04. The van der Waals surface area contributed by atoms with Crippen LogP contribution in [0.5, 0.6) is 5.75 Å². The van der Waals surface area contributed by atoms with Crippen LogP contribution in [0.4, 0.5) is 0 Å². The van der Waals surface area contributed by atoms with E-state index in [1.54, 1.807) is 12.1 Å². The molecule has 0 fully saturated rings. The highest BCUT2D eigenvalue weighted by Gasteiger charge is 2.02. The first-order chi connectivity index (χ1) is 9.30. The van der Waals surface area contributed by atoms with Crippen LogP contribution in [0.1, 0.15) is 25.3 Å². The summed E-state index contributed by atoms with van der Waals surface area (Å²) >= 11 is 0. The Morgan fingerprint density at radius 1 is 1.26 bits per heavy atom. The molecule has 1 aromatic rings. The first-order valence-corrected chi connectivity index (χ1v) is 6.52. The van der Waals surface area contributed by atoms with Crippen molar-refractivity contribution in [2.45, 2.75) is 19.8 Å². The third kappa shape index (κ3) is 5.90. The molecule has 0 heterocycles. The minimum absolute atomic E-state index is 0.568. The highest BCUT2D eigenvalue weighted by Crippen LogP contribution is 2.12. The lowest BCUT2D eigenvalue weighted by atomic mass is 10.2. The summed E-state index contributed by atoms with van der Waals surface area (Å²) in [5, 5.41) is 17.3. The maximum Gasteiger partial charge on any atom is 0.120 e. The maximum absolute atomic E-state index is 8.78. The van der Waals surface area contributed by atoms with Crippen molar-refractivity contribution in [1.82, 2.24) is 4.90 Å². The number of nitrogens with zero attached hydrogens (tertiary/aromatic N) is 3. The van der Waals surface area contributed by atoms with Crippen molar-refractivity contribution in [2.75, 3.05) is 26.2 Å². The van der Waals surface area contributed by atoms with Crippen LogP contribution in [0.25, 0.3) is 0 Å². The average Bonchev–Trinajstić information content (AvgIpc) is 2.47. The van der Waals surface area contributed by atoms with E-state index in [1.807, 2.05) is 12.1 Å². The quantitative estimate of drug-likeness (QED) is 0.671. The van der Waals surface area contributed by atoms with Crippen LogP contribution in [0.2, 0.25) is 0 Å². The molecule has 0 bridgehead atoms. The Morgan fingerprint density at radius 2 is 2.11 bits per heavy atom. The van der Waals surface area contributed by atoms with E-state index < -0.39 is 0 Å². The molecule has 0 aliphatic heterocycles. The van der Waals surface area contributed by atoms with Crippen molar-refractivity contribution in [1.29, 1.82) is 10.5 Å². The molecule has 0 aliphatic rings. The molecule has 4 heteroatoms. The largest absolute Gasteiger partial charge is 0.494 e. The maximum atomic E-state index is 8.78. The van der Waals surface area contributed by atoms with E-state index >= 15 is 0 Å². The molecule has 0 aromatic heterocycles. The molecule has 0 saturated heterocycles. The fourth-order valence-electron chi connectivity index (χ4n) is 1.77. The third-order valence-electron chi connectivity index (χ3n) is 2.84. The number of rotatable bonds is 8. The molecular weight excluding hydrogens is 238 g/mol. The monoisotopic (exact) mass is 257 g/mol. The smallest absolute Gasteiger partial charge is 0.120 e. The van der Waals surface area contributed by atoms with Gasteiger partial charge in [-0.3, -0.25) is 0 Å². The van der Waals surface area contributed by atoms with E-state index in [2.05, 4.69) is 24.0 Å². The van der Waals surface area contributed by atoms with Gasteiger partial charge in [0.15, 0.2) is 0 Å². The first kappa shape index (κ1) is 15.0. The van der Waals surface area contributed by atoms with Gasteiger partial charge in [-0.1, -0.05) is 13.0 Å². The van der Waals surface area contributed by atoms with Crippen LogP contribution >= 0.6 is 0 Å². The number of hydrogen-bond acceptors (Lipinski definition) is 4. The number of ether oxygens (including phenoxy) is 1. The van der Waals surface area contributed by atoms with Crippen molar-refractivity contribution in [3.8, 4) is 17.9 Å². The molecule has 0 spiro atoms. The van der Waals surface area contributed by atoms with Crippen LogP contribution < -0.4 is 4.74 Å². The molecule has 0 atom stereocenters. The topological polar surface area (TPSA) is 60.1 Å². The fourth-order valence-corrected chi connectivity index (χ4v) is 1.77. The van der Waals surface area contributed by atoms with Gasteiger partial charge in [-0.15, -0.1) is 0 Å². The lowest BCUT2D eigenvalue weighted by Crippen LogP contribution is -2.26. The third-order valence-corrected chi connectivity index (χ3v) is 2.84. The molecule has 0 radical (unpaired) electrons. The summed E-state index contributed by atoms with van der Waals surface area (Å²) in [7, 11) is 0. The minimum Gasteiger partial charge on any atom is -0.494 e. The van der Waals surface area contributed by atoms with Crippen LogP contribution in [0.15, 0.2) is 24.3 Å². The van der Waals surface area contributed by atoms with Crippen LogP contribution in [-0.4, -0.2) is 31.1 Å². The van der Waals surface area contributed by atoms with Crippen molar-refractivity contribution in [2.24, 2.45) is 0 Å². The van der Waals surface area contributed by atoms with Gasteiger partial charge in [0.25, 0.3) is 0 Å². The Labute approximate surface area is 114 Å². The highest BCUT2D eigenvalue weighted by molar-refractivity contribution is 5.36. The van der Waals surface area contributed by atoms with Gasteiger partial charge in [0.2, 0.25) is 0 Å². The van der Waals surface area contributed by atoms with Gasteiger partial charge in [0.05, 0.1) is 24.3 Å². The molecule has 19 heavy (non-hydrogen) atoms. The summed E-state index contributed by atoms with van der Waals surface area (Å²) in [5.74, 6) is 0.735. The molecule has 100 valence electrons. The number of benzene rings is 1. The summed E-state index contributed by atoms with van der Waals surface area (Å²) in [4.78, 5) is 2.23. The zero-order chi connectivity index (χ0) is 13.9. The summed E-state index contributed by atoms with van der Waals surface area (Å²) in [6.45, 7) is 5.41. The lowest BCUT2D eigenvalue weighted by Gasteiger charge is -2.18. The number of hydrogen-bond donors (Lipinski definition) is 0. The second-order valence-corrected chi connectivity index (χ2v) is 4.18. The SMILES string of the molecule is CCN(CCC#N)CCCOc1cccc(C#N)c1. The lowest BCUT2D eigenvalue weighted by molar-refractivity contribution is 0.245. The first-order valence-electron chi connectivity index (χ1n) is 6.52. The van der Waals surface area contributed by atoms with E-state index in [1.165, 1.54) is 0 Å². The molecule has 0 aliphatic carbocycles. The van der Waals surface area contributed by atoms with Crippen LogP contribution in [-0.2, 0) is 0 Å². The van der Waals surface area contributed by atoms with Gasteiger partial charge < -0.3 is 9.64 Å². The molecule has 1 rings (SSSR count). The highest BCUT2D eigenvalue weighted by atomic mass is 16.5. The predicted molar refractivity (Wildman–Crippen MR) is 73.6 cm³/mol. The van der Waals surface area contributed by atoms with Gasteiger partial charge >= 0.3 is 0 Å². The van der Waals surface area contributed by atoms with Gasteiger partial charge in [-0.25, -0.2) is 0 Å². The second-order valence-electron chi connectivity index (χ2n) is 4.18.